The Bertz CT molecular complexity index is 1010. The van der Waals surface area contributed by atoms with E-state index in [-0.39, 0.29) is 11.8 Å². The first-order valence-electron chi connectivity index (χ1n) is 8.82. The molecule has 138 valence electrons. The number of nitrogens with zero attached hydrogens (tertiary/aromatic N) is 4. The summed E-state index contributed by atoms with van der Waals surface area (Å²) in [6.45, 7) is 5.82. The van der Waals surface area contributed by atoms with Crippen LogP contribution < -0.4 is 5.32 Å². The Morgan fingerprint density at radius 2 is 1.78 bits per heavy atom. The highest BCUT2D eigenvalue weighted by molar-refractivity contribution is 7.98. The van der Waals surface area contributed by atoms with Gasteiger partial charge in [0.05, 0.1) is 5.69 Å². The number of fused-ring (bicyclic) bond motifs is 1. The van der Waals surface area contributed by atoms with Crippen LogP contribution in [0.25, 0.3) is 5.95 Å². The van der Waals surface area contributed by atoms with Crippen molar-refractivity contribution in [2.24, 2.45) is 0 Å². The lowest BCUT2D eigenvalue weighted by Crippen LogP contribution is -2.25. The molecule has 1 atom stereocenters. The van der Waals surface area contributed by atoms with Crippen LogP contribution in [0.2, 0.25) is 0 Å². The number of hydrogen-bond acceptors (Lipinski definition) is 5. The summed E-state index contributed by atoms with van der Waals surface area (Å²) in [5, 5.41) is 7.65. The second-order valence-corrected chi connectivity index (χ2v) is 7.67. The third-order valence-electron chi connectivity index (χ3n) is 4.78. The van der Waals surface area contributed by atoms with Gasteiger partial charge in [-0.15, -0.1) is 11.8 Å². The molecule has 3 heterocycles. The standard InChI is InChI=1S/C20H21N5OS/c1-11-9-12(2)22-20(21-11)25-19-18(13(3)24-25)16(10-17(26)23-19)14-5-7-15(27-4)8-6-14/h5-9,16H,10H2,1-4H3,(H,23,26). The van der Waals surface area contributed by atoms with Gasteiger partial charge >= 0.3 is 0 Å². The zero-order chi connectivity index (χ0) is 19.1. The topological polar surface area (TPSA) is 72.7 Å². The largest absolute Gasteiger partial charge is 0.310 e. The van der Waals surface area contributed by atoms with Crippen LogP contribution in [-0.4, -0.2) is 31.9 Å². The normalized spacial score (nSPS) is 16.1. The molecule has 1 aromatic carbocycles. The van der Waals surface area contributed by atoms with E-state index >= 15 is 0 Å². The van der Waals surface area contributed by atoms with E-state index in [1.165, 1.54) is 4.90 Å². The van der Waals surface area contributed by atoms with Crippen molar-refractivity contribution < 1.29 is 4.79 Å². The molecular formula is C20H21N5OS. The Balaban J connectivity index is 1.85. The second kappa shape index (κ2) is 6.81. The molecule has 0 bridgehead atoms. The number of carbonyl (C=O) groups is 1. The maximum absolute atomic E-state index is 12.5. The Morgan fingerprint density at radius 3 is 2.41 bits per heavy atom. The number of aromatic nitrogens is 4. The molecule has 1 aliphatic heterocycles. The first-order valence-corrected chi connectivity index (χ1v) is 10.0. The third-order valence-corrected chi connectivity index (χ3v) is 5.52. The quantitative estimate of drug-likeness (QED) is 0.701. The Labute approximate surface area is 162 Å². The number of aryl methyl sites for hydroxylation is 3. The van der Waals surface area contributed by atoms with Gasteiger partial charge in [0.1, 0.15) is 5.82 Å². The SMILES string of the molecule is CSc1ccc(C2CC(=O)Nc3c2c(C)nn3-c2nc(C)cc(C)n2)cc1. The maximum atomic E-state index is 12.5. The molecule has 0 radical (unpaired) electrons. The summed E-state index contributed by atoms with van der Waals surface area (Å²) in [6, 6.07) is 10.3. The minimum Gasteiger partial charge on any atom is -0.310 e. The average molecular weight is 379 g/mol. The van der Waals surface area contributed by atoms with Gasteiger partial charge in [0.25, 0.3) is 5.95 Å². The predicted molar refractivity (Wildman–Crippen MR) is 107 cm³/mol. The van der Waals surface area contributed by atoms with E-state index in [4.69, 9.17) is 0 Å². The summed E-state index contributed by atoms with van der Waals surface area (Å²) in [5.74, 6) is 1.11. The van der Waals surface area contributed by atoms with Crippen LogP contribution in [0.5, 0.6) is 0 Å². The van der Waals surface area contributed by atoms with E-state index in [0.717, 1.165) is 28.2 Å². The Kier molecular flexibility index (Phi) is 4.47. The third kappa shape index (κ3) is 3.23. The van der Waals surface area contributed by atoms with Crippen LogP contribution in [0, 0.1) is 20.8 Å². The average Bonchev–Trinajstić information content (AvgIpc) is 2.97. The number of hydrogen-bond donors (Lipinski definition) is 1. The summed E-state index contributed by atoms with van der Waals surface area (Å²) in [5.41, 5.74) is 4.77. The summed E-state index contributed by atoms with van der Waals surface area (Å²) in [4.78, 5) is 22.7. The van der Waals surface area contributed by atoms with Gasteiger partial charge in [0.2, 0.25) is 5.91 Å². The van der Waals surface area contributed by atoms with Gasteiger partial charge < -0.3 is 5.32 Å². The molecule has 1 amide bonds. The molecular weight excluding hydrogens is 358 g/mol. The zero-order valence-corrected chi connectivity index (χ0v) is 16.6. The zero-order valence-electron chi connectivity index (χ0n) is 15.8. The van der Waals surface area contributed by atoms with E-state index in [0.29, 0.717) is 18.2 Å². The maximum Gasteiger partial charge on any atom is 0.252 e. The van der Waals surface area contributed by atoms with Gasteiger partial charge in [-0.25, -0.2) is 9.97 Å². The fraction of sp³-hybridized carbons (Fsp3) is 0.300. The van der Waals surface area contributed by atoms with Crippen LogP contribution in [0.1, 0.15) is 40.5 Å². The van der Waals surface area contributed by atoms with E-state index in [1.54, 1.807) is 16.4 Å². The lowest BCUT2D eigenvalue weighted by Gasteiger charge is -2.24. The molecule has 1 unspecified atom stereocenters. The number of benzene rings is 1. The molecule has 1 N–H and O–H groups in total. The predicted octanol–water partition coefficient (Wildman–Crippen LogP) is 3.78. The highest BCUT2D eigenvalue weighted by atomic mass is 32.2. The lowest BCUT2D eigenvalue weighted by atomic mass is 9.86. The van der Waals surface area contributed by atoms with Crippen molar-refractivity contribution in [2.75, 3.05) is 11.6 Å². The lowest BCUT2D eigenvalue weighted by molar-refractivity contribution is -0.116. The summed E-state index contributed by atoms with van der Waals surface area (Å²) >= 11 is 1.71. The van der Waals surface area contributed by atoms with Crippen molar-refractivity contribution in [3.8, 4) is 5.95 Å². The highest BCUT2D eigenvalue weighted by Gasteiger charge is 2.33. The number of rotatable bonds is 3. The molecule has 0 saturated carbocycles. The van der Waals surface area contributed by atoms with Crippen LogP contribution in [0.15, 0.2) is 35.2 Å². The van der Waals surface area contributed by atoms with Crippen molar-refractivity contribution in [2.45, 2.75) is 38.0 Å². The highest BCUT2D eigenvalue weighted by Crippen LogP contribution is 2.40. The molecule has 0 spiro atoms. The molecule has 0 saturated heterocycles. The van der Waals surface area contributed by atoms with Crippen LogP contribution in [0.3, 0.4) is 0 Å². The number of anilines is 1. The van der Waals surface area contributed by atoms with E-state index < -0.39 is 0 Å². The first kappa shape index (κ1) is 17.7. The molecule has 3 aromatic rings. The van der Waals surface area contributed by atoms with E-state index in [2.05, 4.69) is 50.9 Å². The minimum atomic E-state index is -0.0238. The summed E-state index contributed by atoms with van der Waals surface area (Å²) < 4.78 is 1.66. The van der Waals surface area contributed by atoms with Gasteiger partial charge in [0, 0.05) is 34.2 Å². The van der Waals surface area contributed by atoms with Gasteiger partial charge in [-0.05, 0) is 50.8 Å². The molecule has 1 aliphatic rings. The van der Waals surface area contributed by atoms with Gasteiger partial charge in [-0.1, -0.05) is 12.1 Å². The molecule has 0 aliphatic carbocycles. The first-order chi connectivity index (χ1) is 13.0. The van der Waals surface area contributed by atoms with Gasteiger partial charge in [-0.3, -0.25) is 4.79 Å². The van der Waals surface area contributed by atoms with Crippen molar-refractivity contribution in [1.29, 1.82) is 0 Å². The molecule has 2 aromatic heterocycles. The van der Waals surface area contributed by atoms with Crippen molar-refractivity contribution in [3.05, 3.63) is 58.5 Å². The Hall–Kier alpha value is -2.67. The van der Waals surface area contributed by atoms with Gasteiger partial charge in [0.15, 0.2) is 0 Å². The molecule has 6 nitrogen and oxygen atoms in total. The second-order valence-electron chi connectivity index (χ2n) is 6.79. The fourth-order valence-electron chi connectivity index (χ4n) is 3.61. The number of carbonyl (C=O) groups excluding carboxylic acids is 1. The monoisotopic (exact) mass is 379 g/mol. The van der Waals surface area contributed by atoms with Crippen LogP contribution >= 0.6 is 11.8 Å². The van der Waals surface area contributed by atoms with Crippen molar-refractivity contribution in [3.63, 3.8) is 0 Å². The number of thioether (sulfide) groups is 1. The number of nitrogens with one attached hydrogen (secondary N) is 1. The smallest absolute Gasteiger partial charge is 0.252 e. The van der Waals surface area contributed by atoms with Crippen molar-refractivity contribution >= 4 is 23.5 Å². The summed E-state index contributed by atoms with van der Waals surface area (Å²) in [6.07, 6.45) is 2.46. The molecule has 27 heavy (non-hydrogen) atoms. The Morgan fingerprint density at radius 1 is 1.11 bits per heavy atom. The number of amides is 1. The van der Waals surface area contributed by atoms with Crippen molar-refractivity contribution in [1.82, 2.24) is 19.7 Å². The molecule has 7 heteroatoms. The molecule has 4 rings (SSSR count). The van der Waals surface area contributed by atoms with Crippen LogP contribution in [-0.2, 0) is 4.79 Å². The fourth-order valence-corrected chi connectivity index (χ4v) is 4.02. The van der Waals surface area contributed by atoms with Crippen LogP contribution in [0.4, 0.5) is 5.82 Å². The minimum absolute atomic E-state index is 0.0213. The van der Waals surface area contributed by atoms with E-state index in [9.17, 15) is 4.79 Å². The molecule has 0 fully saturated rings. The van der Waals surface area contributed by atoms with E-state index in [1.807, 2.05) is 26.8 Å². The summed E-state index contributed by atoms with van der Waals surface area (Å²) in [7, 11) is 0. The van der Waals surface area contributed by atoms with Gasteiger partial charge in [-0.2, -0.15) is 9.78 Å².